The van der Waals surface area contributed by atoms with Crippen LogP contribution < -0.4 is 10.1 Å². The molecule has 3 aromatic rings. The van der Waals surface area contributed by atoms with Crippen LogP contribution in [0.3, 0.4) is 0 Å². The van der Waals surface area contributed by atoms with E-state index >= 15 is 0 Å². The Hall–Kier alpha value is -2.90. The topological polar surface area (TPSA) is 75.7 Å². The number of amides is 1. The molecule has 1 fully saturated rings. The zero-order valence-corrected chi connectivity index (χ0v) is 19.0. The van der Waals surface area contributed by atoms with E-state index in [0.29, 0.717) is 17.7 Å². The van der Waals surface area contributed by atoms with E-state index in [1.165, 1.54) is 4.31 Å². The number of rotatable bonds is 8. The lowest BCUT2D eigenvalue weighted by Gasteiger charge is -2.28. The highest BCUT2D eigenvalue weighted by Crippen LogP contribution is 2.32. The average molecular weight is 453 g/mol. The minimum Gasteiger partial charge on any atom is -0.494 e. The number of hydrogen-bond donors (Lipinski definition) is 1. The van der Waals surface area contributed by atoms with Crippen molar-refractivity contribution in [3.63, 3.8) is 0 Å². The van der Waals surface area contributed by atoms with Gasteiger partial charge in [-0.2, -0.15) is 4.31 Å². The van der Waals surface area contributed by atoms with Gasteiger partial charge >= 0.3 is 0 Å². The molecule has 0 saturated heterocycles. The van der Waals surface area contributed by atoms with E-state index in [1.54, 1.807) is 36.4 Å². The number of fused-ring (bicyclic) bond motifs is 1. The van der Waals surface area contributed by atoms with Gasteiger partial charge in [0.25, 0.3) is 0 Å². The van der Waals surface area contributed by atoms with E-state index in [2.05, 4.69) is 5.32 Å². The third-order valence-electron chi connectivity index (χ3n) is 5.82. The second kappa shape index (κ2) is 9.71. The highest BCUT2D eigenvalue weighted by molar-refractivity contribution is 7.89. The third kappa shape index (κ3) is 4.79. The Bertz CT molecular complexity index is 1180. The van der Waals surface area contributed by atoms with Crippen molar-refractivity contribution in [1.29, 1.82) is 0 Å². The maximum Gasteiger partial charge on any atom is 0.244 e. The number of nitrogens with zero attached hydrogens (tertiary/aromatic N) is 1. The Balaban J connectivity index is 1.60. The molecule has 0 heterocycles. The summed E-state index contributed by atoms with van der Waals surface area (Å²) in [4.78, 5) is 13.1. The smallest absolute Gasteiger partial charge is 0.244 e. The van der Waals surface area contributed by atoms with Crippen LogP contribution in [0.4, 0.5) is 5.69 Å². The van der Waals surface area contributed by atoms with Gasteiger partial charge in [0.15, 0.2) is 0 Å². The minimum atomic E-state index is -3.86. The summed E-state index contributed by atoms with van der Waals surface area (Å²) in [6.07, 6.45) is 3.46. The van der Waals surface area contributed by atoms with Crippen molar-refractivity contribution < 1.29 is 17.9 Å². The molecule has 1 saturated carbocycles. The van der Waals surface area contributed by atoms with E-state index in [0.717, 1.165) is 36.8 Å². The van der Waals surface area contributed by atoms with E-state index in [4.69, 9.17) is 4.74 Å². The summed E-state index contributed by atoms with van der Waals surface area (Å²) in [7, 11) is -3.86. The fourth-order valence-electron chi connectivity index (χ4n) is 4.29. The van der Waals surface area contributed by atoms with Gasteiger partial charge in [0.2, 0.25) is 15.9 Å². The number of carbonyl (C=O) groups excluding carboxylic acids is 1. The number of benzene rings is 3. The molecule has 1 aliphatic rings. The summed E-state index contributed by atoms with van der Waals surface area (Å²) in [5.74, 6) is 0.362. The lowest BCUT2D eigenvalue weighted by atomic mass is 10.1. The Kier molecular flexibility index (Phi) is 6.77. The number of nitrogens with one attached hydrogen (secondary N) is 1. The van der Waals surface area contributed by atoms with Gasteiger partial charge in [-0.25, -0.2) is 8.42 Å². The molecule has 0 radical (unpaired) electrons. The van der Waals surface area contributed by atoms with Crippen LogP contribution in [-0.2, 0) is 14.8 Å². The van der Waals surface area contributed by atoms with Gasteiger partial charge in [0.05, 0.1) is 18.0 Å². The molecule has 168 valence electrons. The first-order chi connectivity index (χ1) is 15.5. The molecule has 1 aliphatic carbocycles. The van der Waals surface area contributed by atoms with Crippen LogP contribution in [0.15, 0.2) is 71.6 Å². The Labute approximate surface area is 189 Å². The van der Waals surface area contributed by atoms with Gasteiger partial charge in [0, 0.05) is 17.1 Å². The molecular formula is C25H28N2O4S. The molecule has 0 aromatic heterocycles. The van der Waals surface area contributed by atoms with Crippen molar-refractivity contribution >= 4 is 32.4 Å². The van der Waals surface area contributed by atoms with Crippen molar-refractivity contribution in [2.75, 3.05) is 18.5 Å². The predicted octanol–water partition coefficient (Wildman–Crippen LogP) is 4.81. The molecule has 0 aliphatic heterocycles. The van der Waals surface area contributed by atoms with Gasteiger partial charge in [-0.3, -0.25) is 4.79 Å². The summed E-state index contributed by atoms with van der Waals surface area (Å²) in [5.41, 5.74) is 0.604. The Morgan fingerprint density at radius 2 is 1.69 bits per heavy atom. The summed E-state index contributed by atoms with van der Waals surface area (Å²) >= 11 is 0. The van der Waals surface area contributed by atoms with Gasteiger partial charge < -0.3 is 10.1 Å². The van der Waals surface area contributed by atoms with Crippen molar-refractivity contribution in [1.82, 2.24) is 4.31 Å². The fourth-order valence-corrected chi connectivity index (χ4v) is 6.15. The first-order valence-electron chi connectivity index (χ1n) is 11.0. The maximum atomic E-state index is 13.8. The minimum absolute atomic E-state index is 0.176. The molecule has 7 heteroatoms. The summed E-state index contributed by atoms with van der Waals surface area (Å²) in [6.45, 7) is 2.25. The molecule has 0 atom stereocenters. The first kappa shape index (κ1) is 22.3. The molecule has 0 bridgehead atoms. The second-order valence-electron chi connectivity index (χ2n) is 7.97. The van der Waals surface area contributed by atoms with Crippen molar-refractivity contribution in [3.8, 4) is 5.75 Å². The molecule has 0 unspecified atom stereocenters. The van der Waals surface area contributed by atoms with Crippen LogP contribution in [0.2, 0.25) is 0 Å². The standard InChI is InChI=1S/C25H28N2O4S/c1-2-31-22-16-14-20(15-17-22)26-25(28)18-27(21-10-4-5-11-21)32(29,30)24-13-7-9-19-8-3-6-12-23(19)24/h3,6-9,12-17,21H,2,4-5,10-11,18H2,1H3,(H,26,28). The van der Waals surface area contributed by atoms with Crippen molar-refractivity contribution in [2.24, 2.45) is 0 Å². The quantitative estimate of drug-likeness (QED) is 0.532. The van der Waals surface area contributed by atoms with Gasteiger partial charge in [0.1, 0.15) is 5.75 Å². The number of hydrogen-bond acceptors (Lipinski definition) is 4. The number of ether oxygens (including phenoxy) is 1. The SMILES string of the molecule is CCOc1ccc(NC(=O)CN(C2CCCC2)S(=O)(=O)c2cccc3ccccc23)cc1. The second-order valence-corrected chi connectivity index (χ2v) is 9.83. The fraction of sp³-hybridized carbons (Fsp3) is 0.320. The average Bonchev–Trinajstić information content (AvgIpc) is 3.33. The highest BCUT2D eigenvalue weighted by Gasteiger charge is 2.35. The molecule has 1 N–H and O–H groups in total. The number of carbonyl (C=O) groups is 1. The lowest BCUT2D eigenvalue weighted by Crippen LogP contribution is -2.43. The molecule has 0 spiro atoms. The molecule has 3 aromatic carbocycles. The molecule has 32 heavy (non-hydrogen) atoms. The zero-order chi connectivity index (χ0) is 22.6. The molecule has 6 nitrogen and oxygen atoms in total. The van der Waals surface area contributed by atoms with E-state index in [-0.39, 0.29) is 23.4 Å². The van der Waals surface area contributed by atoms with Crippen LogP contribution in [0.5, 0.6) is 5.75 Å². The molecule has 4 rings (SSSR count). The highest BCUT2D eigenvalue weighted by atomic mass is 32.2. The summed E-state index contributed by atoms with van der Waals surface area (Å²) in [6, 6.07) is 19.6. The largest absolute Gasteiger partial charge is 0.494 e. The Morgan fingerprint density at radius 1 is 1.00 bits per heavy atom. The predicted molar refractivity (Wildman–Crippen MR) is 126 cm³/mol. The monoisotopic (exact) mass is 452 g/mol. The normalized spacial score (nSPS) is 14.7. The third-order valence-corrected chi connectivity index (χ3v) is 7.77. The van der Waals surface area contributed by atoms with Crippen LogP contribution in [-0.4, -0.2) is 37.8 Å². The van der Waals surface area contributed by atoms with E-state index in [9.17, 15) is 13.2 Å². The zero-order valence-electron chi connectivity index (χ0n) is 18.2. The number of anilines is 1. The van der Waals surface area contributed by atoms with Crippen LogP contribution in [0.25, 0.3) is 10.8 Å². The first-order valence-corrected chi connectivity index (χ1v) is 12.5. The summed E-state index contributed by atoms with van der Waals surface area (Å²) in [5, 5.41) is 4.36. The maximum absolute atomic E-state index is 13.8. The van der Waals surface area contributed by atoms with Crippen molar-refractivity contribution in [2.45, 2.75) is 43.5 Å². The molecular weight excluding hydrogens is 424 g/mol. The van der Waals surface area contributed by atoms with Crippen LogP contribution in [0, 0.1) is 0 Å². The summed E-state index contributed by atoms with van der Waals surface area (Å²) < 4.78 is 34.4. The van der Waals surface area contributed by atoms with E-state index < -0.39 is 10.0 Å². The lowest BCUT2D eigenvalue weighted by molar-refractivity contribution is -0.116. The van der Waals surface area contributed by atoms with Gasteiger partial charge in [-0.15, -0.1) is 0 Å². The van der Waals surface area contributed by atoms with Gasteiger partial charge in [-0.1, -0.05) is 49.2 Å². The molecule has 1 amide bonds. The van der Waals surface area contributed by atoms with E-state index in [1.807, 2.05) is 37.3 Å². The van der Waals surface area contributed by atoms with Crippen LogP contribution in [0.1, 0.15) is 32.6 Å². The number of sulfonamides is 1. The Morgan fingerprint density at radius 3 is 2.41 bits per heavy atom. The van der Waals surface area contributed by atoms with Crippen LogP contribution >= 0.6 is 0 Å². The van der Waals surface area contributed by atoms with Gasteiger partial charge in [-0.05, 0) is 55.5 Å². The van der Waals surface area contributed by atoms with Crippen molar-refractivity contribution in [3.05, 3.63) is 66.7 Å².